The fourth-order valence-electron chi connectivity index (χ4n) is 4.91. The minimum atomic E-state index is -0.169. The van der Waals surface area contributed by atoms with Crippen LogP contribution < -0.4 is 4.74 Å². The summed E-state index contributed by atoms with van der Waals surface area (Å²) in [5, 5.41) is 6.09. The second kappa shape index (κ2) is 11.9. The number of rotatable bonds is 7. The number of hydrogen-bond donors (Lipinski definition) is 1. The number of ether oxygens (including phenoxy) is 1. The number of hydrogen-bond acceptors (Lipinski definition) is 6. The number of halogens is 1. The van der Waals surface area contributed by atoms with Crippen LogP contribution in [-0.2, 0) is 11.3 Å². The number of benzene rings is 4. The minimum absolute atomic E-state index is 0.169. The molecule has 0 spiro atoms. The summed E-state index contributed by atoms with van der Waals surface area (Å²) in [6, 6.07) is 32.6. The largest absolute Gasteiger partial charge is 0.497 e. The third kappa shape index (κ3) is 5.62. The Labute approximate surface area is 262 Å². The van der Waals surface area contributed by atoms with Crippen LogP contribution in [0, 0.1) is 0 Å². The minimum Gasteiger partial charge on any atom is -0.497 e. The number of amidine groups is 1. The van der Waals surface area contributed by atoms with Gasteiger partial charge in [0.1, 0.15) is 11.6 Å². The first-order valence-corrected chi connectivity index (χ1v) is 15.0. The molecule has 0 saturated carbocycles. The molecule has 44 heavy (non-hydrogen) atoms. The number of carbonyl (C=O) groups is 1. The zero-order valence-corrected chi connectivity index (χ0v) is 25.1. The smallest absolute Gasteiger partial charge is 0.267 e. The number of amides is 1. The molecule has 4 aromatic carbocycles. The summed E-state index contributed by atoms with van der Waals surface area (Å²) in [7, 11) is 1.62. The van der Waals surface area contributed by atoms with Gasteiger partial charge in [-0.15, -0.1) is 0 Å². The van der Waals surface area contributed by atoms with Crippen molar-refractivity contribution in [2.24, 2.45) is 4.99 Å². The summed E-state index contributed by atoms with van der Waals surface area (Å²) < 4.78 is 7.12. The molecule has 1 aliphatic heterocycles. The fourth-order valence-corrected chi connectivity index (χ4v) is 6.02. The topological polar surface area (TPSA) is 88.4 Å². The molecule has 3 heterocycles. The van der Waals surface area contributed by atoms with Gasteiger partial charge in [-0.1, -0.05) is 54.1 Å². The Morgan fingerprint density at radius 1 is 0.955 bits per heavy atom. The van der Waals surface area contributed by atoms with Crippen molar-refractivity contribution < 1.29 is 9.53 Å². The maximum atomic E-state index is 14.0. The summed E-state index contributed by atoms with van der Waals surface area (Å²) in [6.07, 6.45) is 3.81. The molecule has 0 unspecified atom stereocenters. The standard InChI is InChI=1S/C34H25ClN6O2S/c1-43-27-17-15-25(16-18-27)36-34-40(21-31-37-28-9-5-6-10-29(28)38-31)33(42)30(44-34)19-23-20-41(26-7-3-2-4-8-26)39-32(23)22-11-13-24(35)14-12-22/h2-20H,21H2,1H3,(H,37,38)/b30-19+,36-34?. The number of nitrogens with zero attached hydrogens (tertiary/aromatic N) is 5. The van der Waals surface area contributed by atoms with Gasteiger partial charge in [0.25, 0.3) is 5.91 Å². The Balaban J connectivity index is 1.30. The second-order valence-electron chi connectivity index (χ2n) is 10.0. The zero-order valence-electron chi connectivity index (χ0n) is 23.5. The number of imidazole rings is 1. The number of methoxy groups -OCH3 is 1. The van der Waals surface area contributed by atoms with Crippen molar-refractivity contribution in [1.82, 2.24) is 24.6 Å². The molecule has 0 aliphatic carbocycles. The van der Waals surface area contributed by atoms with E-state index in [9.17, 15) is 4.79 Å². The van der Waals surface area contributed by atoms with Crippen molar-refractivity contribution >= 4 is 57.2 Å². The zero-order chi connectivity index (χ0) is 30.0. The third-order valence-corrected chi connectivity index (χ3v) is 8.36. The van der Waals surface area contributed by atoms with Gasteiger partial charge in [-0.05, 0) is 78.5 Å². The van der Waals surface area contributed by atoms with E-state index in [1.165, 1.54) is 11.8 Å². The lowest BCUT2D eigenvalue weighted by Gasteiger charge is -2.14. The van der Waals surface area contributed by atoms with Crippen LogP contribution >= 0.6 is 23.4 Å². The number of fused-ring (bicyclic) bond motifs is 1. The quantitative estimate of drug-likeness (QED) is 0.184. The molecule has 1 fully saturated rings. The van der Waals surface area contributed by atoms with E-state index in [4.69, 9.17) is 31.4 Å². The van der Waals surface area contributed by atoms with Crippen LogP contribution in [-0.4, -0.2) is 42.8 Å². The maximum absolute atomic E-state index is 14.0. The van der Waals surface area contributed by atoms with Crippen LogP contribution in [0.25, 0.3) is 34.1 Å². The van der Waals surface area contributed by atoms with Crippen molar-refractivity contribution in [3.63, 3.8) is 0 Å². The van der Waals surface area contributed by atoms with Crippen molar-refractivity contribution in [2.75, 3.05) is 7.11 Å². The normalized spacial score (nSPS) is 15.1. The van der Waals surface area contributed by atoms with Gasteiger partial charge in [0.05, 0.1) is 46.7 Å². The lowest BCUT2D eigenvalue weighted by molar-refractivity contribution is -0.122. The molecule has 0 atom stereocenters. The van der Waals surface area contributed by atoms with E-state index >= 15 is 0 Å². The van der Waals surface area contributed by atoms with Gasteiger partial charge in [-0.25, -0.2) is 14.7 Å². The van der Waals surface area contributed by atoms with Gasteiger partial charge in [0, 0.05) is 22.3 Å². The third-order valence-electron chi connectivity index (χ3n) is 7.10. The van der Waals surface area contributed by atoms with E-state index in [0.717, 1.165) is 39.3 Å². The highest BCUT2D eigenvalue weighted by molar-refractivity contribution is 8.18. The molecule has 1 N–H and O–H groups in total. The predicted molar refractivity (Wildman–Crippen MR) is 176 cm³/mol. The van der Waals surface area contributed by atoms with E-state index in [0.29, 0.717) is 26.6 Å². The number of aromatic amines is 1. The van der Waals surface area contributed by atoms with Gasteiger partial charge >= 0.3 is 0 Å². The van der Waals surface area contributed by atoms with Crippen LogP contribution in [0.1, 0.15) is 11.4 Å². The van der Waals surface area contributed by atoms with E-state index in [1.807, 2.05) is 120 Å². The molecular formula is C34H25ClN6O2S. The van der Waals surface area contributed by atoms with Crippen molar-refractivity contribution in [1.29, 1.82) is 0 Å². The molecule has 8 nitrogen and oxygen atoms in total. The van der Waals surface area contributed by atoms with Crippen LogP contribution in [0.2, 0.25) is 5.02 Å². The van der Waals surface area contributed by atoms with Crippen LogP contribution in [0.4, 0.5) is 5.69 Å². The van der Waals surface area contributed by atoms with E-state index in [2.05, 4.69) is 4.98 Å². The average molecular weight is 617 g/mol. The number of para-hydroxylation sites is 3. The van der Waals surface area contributed by atoms with Crippen LogP contribution in [0.3, 0.4) is 0 Å². The molecule has 1 aliphatic rings. The SMILES string of the molecule is COc1ccc(N=C2S/C(=C/c3cn(-c4ccccc4)nc3-c3ccc(Cl)cc3)C(=O)N2Cc2nc3ccccc3[nH]2)cc1. The second-order valence-corrected chi connectivity index (χ2v) is 11.5. The van der Waals surface area contributed by atoms with Gasteiger partial charge < -0.3 is 9.72 Å². The molecule has 6 aromatic rings. The number of carbonyl (C=O) groups excluding carboxylic acids is 1. The lowest BCUT2D eigenvalue weighted by Crippen LogP contribution is -2.29. The summed E-state index contributed by atoms with van der Waals surface area (Å²) in [6.45, 7) is 0.236. The highest BCUT2D eigenvalue weighted by atomic mass is 35.5. The van der Waals surface area contributed by atoms with Gasteiger partial charge in [0.2, 0.25) is 0 Å². The van der Waals surface area contributed by atoms with Crippen molar-refractivity contribution in [3.8, 4) is 22.7 Å². The first-order chi connectivity index (χ1) is 21.5. The first-order valence-electron chi connectivity index (χ1n) is 13.8. The number of H-pyrrole nitrogens is 1. The lowest BCUT2D eigenvalue weighted by atomic mass is 10.1. The Kier molecular flexibility index (Phi) is 7.47. The fraction of sp³-hybridized carbons (Fsp3) is 0.0588. The molecule has 1 amide bonds. The van der Waals surface area contributed by atoms with Crippen molar-refractivity contribution in [3.05, 3.63) is 131 Å². The first kappa shape index (κ1) is 27.7. The molecule has 10 heteroatoms. The number of aliphatic imine (C=N–C) groups is 1. The molecular weight excluding hydrogens is 592 g/mol. The van der Waals surface area contributed by atoms with Gasteiger partial charge in [0.15, 0.2) is 5.17 Å². The average Bonchev–Trinajstić information content (AvgIpc) is 3.75. The number of aromatic nitrogens is 4. The van der Waals surface area contributed by atoms with Gasteiger partial charge in [-0.2, -0.15) is 5.10 Å². The Hall–Kier alpha value is -5.12. The maximum Gasteiger partial charge on any atom is 0.267 e. The number of nitrogens with one attached hydrogen (secondary N) is 1. The Morgan fingerprint density at radius 3 is 2.45 bits per heavy atom. The van der Waals surface area contributed by atoms with Crippen molar-refractivity contribution in [2.45, 2.75) is 6.54 Å². The molecule has 0 bridgehead atoms. The van der Waals surface area contributed by atoms with Gasteiger partial charge in [-0.3, -0.25) is 9.69 Å². The predicted octanol–water partition coefficient (Wildman–Crippen LogP) is 7.88. The molecule has 7 rings (SSSR count). The number of thioether (sulfide) groups is 1. The molecule has 216 valence electrons. The van der Waals surface area contributed by atoms with E-state index < -0.39 is 0 Å². The Morgan fingerprint density at radius 2 is 1.70 bits per heavy atom. The Bertz CT molecular complexity index is 2000. The monoisotopic (exact) mass is 616 g/mol. The van der Waals surface area contributed by atoms with E-state index in [1.54, 1.807) is 12.0 Å². The molecule has 1 saturated heterocycles. The molecule has 0 radical (unpaired) electrons. The summed E-state index contributed by atoms with van der Waals surface area (Å²) >= 11 is 7.51. The van der Waals surface area contributed by atoms with E-state index in [-0.39, 0.29) is 12.5 Å². The summed E-state index contributed by atoms with van der Waals surface area (Å²) in [5.74, 6) is 1.23. The summed E-state index contributed by atoms with van der Waals surface area (Å²) in [4.78, 5) is 29.1. The summed E-state index contributed by atoms with van der Waals surface area (Å²) in [5.41, 5.74) is 5.77. The van der Waals surface area contributed by atoms with Crippen LogP contribution in [0.5, 0.6) is 5.75 Å². The highest BCUT2D eigenvalue weighted by Gasteiger charge is 2.34. The van der Waals surface area contributed by atoms with Crippen LogP contribution in [0.15, 0.2) is 119 Å². The molecule has 2 aromatic heterocycles. The highest BCUT2D eigenvalue weighted by Crippen LogP contribution is 2.37.